The van der Waals surface area contributed by atoms with Gasteiger partial charge in [-0.1, -0.05) is 117 Å². The molecule has 362 valence electrons. The molecule has 4 heterocycles. The third-order valence-electron chi connectivity index (χ3n) is 17.2. The van der Waals surface area contributed by atoms with E-state index in [0.717, 1.165) is 51.4 Å². The summed E-state index contributed by atoms with van der Waals surface area (Å²) in [6, 6.07) is 28.9. The number of aryl methyl sites for hydroxylation is 8. The first-order chi connectivity index (χ1) is 34.9. The Kier molecular flexibility index (Phi) is 11.1. The van der Waals surface area contributed by atoms with E-state index in [1.54, 1.807) is 0 Å². The number of nitrogens with zero attached hydrogens (tertiary/aromatic N) is 2. The van der Waals surface area contributed by atoms with Gasteiger partial charge >= 0.3 is 0 Å². The molecule has 0 spiro atoms. The van der Waals surface area contributed by atoms with Gasteiger partial charge in [-0.25, -0.2) is 9.98 Å². The smallest absolute Gasteiger partial charge is 0.0772 e. The largest absolute Gasteiger partial charge is 0.354 e. The minimum absolute atomic E-state index is 1.03. The van der Waals surface area contributed by atoms with Gasteiger partial charge in [-0.15, -0.1) is 0 Å². The lowest BCUT2D eigenvalue weighted by atomic mass is 9.81. The van der Waals surface area contributed by atoms with Crippen LogP contribution in [0.15, 0.2) is 116 Å². The number of nitrogens with one attached hydrogen (secondary N) is 2. The quantitative estimate of drug-likeness (QED) is 0.177. The van der Waals surface area contributed by atoms with Gasteiger partial charge in [-0.3, -0.25) is 0 Å². The Morgan fingerprint density at radius 3 is 0.903 bits per heavy atom. The Labute approximate surface area is 427 Å². The second kappa shape index (κ2) is 17.6. The fourth-order valence-corrected chi connectivity index (χ4v) is 14.6. The molecule has 13 rings (SSSR count). The molecule has 8 bridgehead atoms. The molecule has 0 unspecified atom stereocenters. The van der Waals surface area contributed by atoms with Gasteiger partial charge in [-0.05, 0) is 225 Å². The minimum atomic E-state index is 1.03. The number of aromatic nitrogens is 2. The van der Waals surface area contributed by atoms with Gasteiger partial charge < -0.3 is 9.97 Å². The SMILES string of the molecule is Cc1cc(C)cc(C2=C3N=C(C4=C3CCCC4)C(c3cc(C)cc(C)c3)=c3[nH]c(c4c3CCCC4)=C(c3cc(C)cc(C)c3)C3=NC(=C(c4cc(C)cc(C)c4)c4[nH]c2c2c4CCCC2)C2=C3CCCC2)c1. The van der Waals surface area contributed by atoms with Crippen LogP contribution >= 0.6 is 0 Å². The third kappa shape index (κ3) is 7.52. The normalized spacial score (nSPS) is 18.7. The van der Waals surface area contributed by atoms with Crippen molar-refractivity contribution in [1.82, 2.24) is 9.97 Å². The second-order valence-corrected chi connectivity index (χ2v) is 23.0. The molecule has 0 radical (unpaired) electrons. The highest BCUT2D eigenvalue weighted by atomic mass is 14.9. The van der Waals surface area contributed by atoms with Crippen LogP contribution in [0.2, 0.25) is 0 Å². The number of hydrogen-bond donors (Lipinski definition) is 2. The molecular formula is C68H70N4. The second-order valence-electron chi connectivity index (χ2n) is 23.0. The van der Waals surface area contributed by atoms with Gasteiger partial charge in [-0.2, -0.15) is 0 Å². The molecule has 6 aromatic rings. The van der Waals surface area contributed by atoms with Crippen LogP contribution in [0.1, 0.15) is 177 Å². The van der Waals surface area contributed by atoms with Crippen molar-refractivity contribution in [2.24, 2.45) is 9.98 Å². The highest BCUT2D eigenvalue weighted by Crippen LogP contribution is 2.50. The minimum Gasteiger partial charge on any atom is -0.354 e. The summed E-state index contributed by atoms with van der Waals surface area (Å²) in [5.74, 6) is 0. The van der Waals surface area contributed by atoms with Crippen LogP contribution in [-0.2, 0) is 25.7 Å². The fraction of sp³-hybridized carbons (Fsp3) is 0.353. The van der Waals surface area contributed by atoms with E-state index in [2.05, 4.69) is 138 Å². The summed E-state index contributed by atoms with van der Waals surface area (Å²) >= 11 is 0. The van der Waals surface area contributed by atoms with Crippen LogP contribution in [0.3, 0.4) is 0 Å². The molecule has 4 heteroatoms. The molecule has 4 nitrogen and oxygen atoms in total. The maximum absolute atomic E-state index is 6.26. The van der Waals surface area contributed by atoms with Crippen LogP contribution in [0.25, 0.3) is 22.3 Å². The van der Waals surface area contributed by atoms with Crippen LogP contribution in [-0.4, -0.2) is 21.4 Å². The van der Waals surface area contributed by atoms with Gasteiger partial charge in [0.05, 0.1) is 44.9 Å². The van der Waals surface area contributed by atoms with Crippen LogP contribution in [0.4, 0.5) is 0 Å². The molecule has 0 saturated carbocycles. The van der Waals surface area contributed by atoms with E-state index in [1.165, 1.54) is 230 Å². The Morgan fingerprint density at radius 2 is 0.569 bits per heavy atom. The predicted octanol–water partition coefficient (Wildman–Crippen LogP) is 14.8. The fourth-order valence-electron chi connectivity index (χ4n) is 14.6. The standard InChI is InChI=1S/C68H70N4/c1-37-25-38(2)30-45(29-37)57-61-49-17-9-11-19-51(49)63(69-61)58(46-31-39(3)26-40(4)32-46)65-53-21-13-15-23-55(53)67(71-65)60(48-35-43(7)28-44(8)36-48)68-56-24-16-14-22-54(56)66(72-68)59(47-33-41(5)27-42(6)34-47)64-52-20-12-10-18-50(52)62(57)70-64/h25-36,69,72H,9-24H2,1-8H3. The van der Waals surface area contributed by atoms with E-state index in [9.17, 15) is 0 Å². The van der Waals surface area contributed by atoms with Gasteiger partial charge in [0.2, 0.25) is 0 Å². The molecule has 0 fully saturated rings. The first kappa shape index (κ1) is 45.4. The molecule has 0 atom stereocenters. The van der Waals surface area contributed by atoms with E-state index >= 15 is 0 Å². The van der Waals surface area contributed by atoms with Gasteiger partial charge in [0.15, 0.2) is 0 Å². The number of benzene rings is 4. The average molecular weight is 943 g/mol. The summed E-state index contributed by atoms with van der Waals surface area (Å²) in [4.78, 5) is 21.4. The highest BCUT2D eigenvalue weighted by molar-refractivity contribution is 6.35. The predicted molar refractivity (Wildman–Crippen MR) is 301 cm³/mol. The molecule has 2 aliphatic heterocycles. The van der Waals surface area contributed by atoms with Gasteiger partial charge in [0.25, 0.3) is 0 Å². The van der Waals surface area contributed by atoms with Crippen molar-refractivity contribution in [2.75, 3.05) is 0 Å². The van der Waals surface area contributed by atoms with Gasteiger partial charge in [0.1, 0.15) is 0 Å². The van der Waals surface area contributed by atoms with E-state index in [0.29, 0.717) is 0 Å². The Bertz CT molecular complexity index is 3390. The molecule has 0 saturated heterocycles. The lowest BCUT2D eigenvalue weighted by Crippen LogP contribution is -2.25. The van der Waals surface area contributed by atoms with Crippen LogP contribution in [0, 0.1) is 55.4 Å². The summed E-state index contributed by atoms with van der Waals surface area (Å²) in [5.41, 5.74) is 39.5. The Morgan fingerprint density at radius 1 is 0.292 bits per heavy atom. The van der Waals surface area contributed by atoms with Crippen LogP contribution in [0.5, 0.6) is 0 Å². The zero-order chi connectivity index (χ0) is 49.1. The highest BCUT2D eigenvalue weighted by Gasteiger charge is 2.38. The Hall–Kier alpha value is -6.52. The summed E-state index contributed by atoms with van der Waals surface area (Å²) in [5, 5.41) is 2.54. The van der Waals surface area contributed by atoms with E-state index in [4.69, 9.17) is 9.98 Å². The van der Waals surface area contributed by atoms with Crippen molar-refractivity contribution in [3.8, 4) is 0 Å². The summed E-state index contributed by atoms with van der Waals surface area (Å²) in [7, 11) is 0. The third-order valence-corrected chi connectivity index (χ3v) is 17.2. The molecule has 5 aliphatic carbocycles. The number of rotatable bonds is 4. The lowest BCUT2D eigenvalue weighted by Gasteiger charge is -2.21. The number of aromatic amines is 2. The zero-order valence-corrected chi connectivity index (χ0v) is 44.1. The Balaban J connectivity index is 1.31. The monoisotopic (exact) mass is 943 g/mol. The summed E-state index contributed by atoms with van der Waals surface area (Å²) in [6.45, 7) is 18.2. The van der Waals surface area contributed by atoms with Crippen molar-refractivity contribution >= 4 is 33.7 Å². The molecule has 4 aromatic carbocycles. The molecular weight excluding hydrogens is 873 g/mol. The number of H-pyrrole nitrogens is 2. The average Bonchev–Trinajstić information content (AvgIpc) is 4.11. The molecule has 72 heavy (non-hydrogen) atoms. The summed E-state index contributed by atoms with van der Waals surface area (Å²) in [6.07, 6.45) is 17.8. The molecule has 2 aromatic heterocycles. The zero-order valence-electron chi connectivity index (χ0n) is 44.1. The van der Waals surface area contributed by atoms with Crippen molar-refractivity contribution in [3.63, 3.8) is 0 Å². The molecule has 0 amide bonds. The molecule has 2 N–H and O–H groups in total. The summed E-state index contributed by atoms with van der Waals surface area (Å²) < 4.78 is 0. The topological polar surface area (TPSA) is 56.3 Å². The molecule has 7 aliphatic rings. The number of allylic oxidation sites excluding steroid dienone is 4. The van der Waals surface area contributed by atoms with E-state index < -0.39 is 0 Å². The van der Waals surface area contributed by atoms with E-state index in [-0.39, 0.29) is 0 Å². The van der Waals surface area contributed by atoms with Crippen LogP contribution < -0.4 is 10.7 Å². The first-order valence-corrected chi connectivity index (χ1v) is 27.7. The van der Waals surface area contributed by atoms with Crippen molar-refractivity contribution in [1.29, 1.82) is 0 Å². The number of hydrogen-bond acceptors (Lipinski definition) is 2. The van der Waals surface area contributed by atoms with Gasteiger partial charge in [0, 0.05) is 22.3 Å². The van der Waals surface area contributed by atoms with Crippen molar-refractivity contribution in [2.45, 2.75) is 158 Å². The number of aliphatic imine (C=N–C) groups is 2. The van der Waals surface area contributed by atoms with Crippen molar-refractivity contribution < 1.29 is 0 Å². The van der Waals surface area contributed by atoms with Crippen molar-refractivity contribution in [3.05, 3.63) is 218 Å². The van der Waals surface area contributed by atoms with E-state index in [1.807, 2.05) is 0 Å². The maximum atomic E-state index is 6.26. The maximum Gasteiger partial charge on any atom is 0.0772 e. The first-order valence-electron chi connectivity index (χ1n) is 27.7. The lowest BCUT2D eigenvalue weighted by molar-refractivity contribution is 0.685.